The van der Waals surface area contributed by atoms with Gasteiger partial charge in [0.1, 0.15) is 17.4 Å². The van der Waals surface area contributed by atoms with E-state index in [0.29, 0.717) is 17.7 Å². The van der Waals surface area contributed by atoms with Gasteiger partial charge in [0.05, 0.1) is 6.42 Å². The highest BCUT2D eigenvalue weighted by Crippen LogP contribution is 2.26. The van der Waals surface area contributed by atoms with Gasteiger partial charge in [0.15, 0.2) is 0 Å². The standard InChI is InChI=1S/C22H19N3O2/c1-15-5-7-17(8-6-15)13-21(26)25-20-10-9-19(12-16(20)2)27-22-18(14-23)4-3-11-24-22/h3-12H,13H2,1-2H3,(H,25,26). The van der Waals surface area contributed by atoms with Crippen LogP contribution in [0.2, 0.25) is 0 Å². The van der Waals surface area contributed by atoms with Gasteiger partial charge in [-0.05, 0) is 55.3 Å². The predicted octanol–water partition coefficient (Wildman–Crippen LogP) is 4.54. The summed E-state index contributed by atoms with van der Waals surface area (Å²) >= 11 is 0. The van der Waals surface area contributed by atoms with E-state index in [0.717, 1.165) is 22.4 Å². The van der Waals surface area contributed by atoms with Crippen LogP contribution in [0.1, 0.15) is 22.3 Å². The van der Waals surface area contributed by atoms with Crippen LogP contribution in [-0.2, 0) is 11.2 Å². The molecule has 1 heterocycles. The summed E-state index contributed by atoms with van der Waals surface area (Å²) in [5.74, 6) is 0.738. The van der Waals surface area contributed by atoms with Crippen molar-refractivity contribution in [2.24, 2.45) is 0 Å². The fourth-order valence-corrected chi connectivity index (χ4v) is 2.59. The summed E-state index contributed by atoms with van der Waals surface area (Å²) in [6, 6.07) is 18.6. The first kappa shape index (κ1) is 18.2. The number of benzene rings is 2. The molecule has 0 bridgehead atoms. The number of nitrogens with one attached hydrogen (secondary N) is 1. The van der Waals surface area contributed by atoms with E-state index >= 15 is 0 Å². The lowest BCUT2D eigenvalue weighted by Crippen LogP contribution is -2.15. The lowest BCUT2D eigenvalue weighted by molar-refractivity contribution is -0.115. The minimum Gasteiger partial charge on any atom is -0.438 e. The van der Waals surface area contributed by atoms with Crippen molar-refractivity contribution in [2.75, 3.05) is 5.32 Å². The van der Waals surface area contributed by atoms with Crippen molar-refractivity contribution in [2.45, 2.75) is 20.3 Å². The molecule has 134 valence electrons. The number of anilines is 1. The molecule has 0 saturated heterocycles. The van der Waals surface area contributed by atoms with Crippen LogP contribution in [-0.4, -0.2) is 10.9 Å². The van der Waals surface area contributed by atoms with E-state index in [9.17, 15) is 4.79 Å². The zero-order valence-electron chi connectivity index (χ0n) is 15.2. The van der Waals surface area contributed by atoms with Crippen LogP contribution in [0.15, 0.2) is 60.8 Å². The number of pyridine rings is 1. The molecule has 1 amide bonds. The molecule has 0 spiro atoms. The molecular weight excluding hydrogens is 338 g/mol. The van der Waals surface area contributed by atoms with E-state index in [1.165, 1.54) is 0 Å². The Kier molecular flexibility index (Phi) is 5.48. The second kappa shape index (κ2) is 8.15. The van der Waals surface area contributed by atoms with E-state index in [2.05, 4.69) is 16.4 Å². The second-order valence-electron chi connectivity index (χ2n) is 6.26. The number of nitrogens with zero attached hydrogens (tertiary/aromatic N) is 2. The molecule has 0 aliphatic heterocycles. The third-order valence-electron chi connectivity index (χ3n) is 4.06. The van der Waals surface area contributed by atoms with E-state index in [4.69, 9.17) is 10.00 Å². The SMILES string of the molecule is Cc1ccc(CC(=O)Nc2ccc(Oc3ncccc3C#N)cc2C)cc1. The third kappa shape index (κ3) is 4.71. The molecule has 0 aliphatic carbocycles. The van der Waals surface area contributed by atoms with Crippen molar-refractivity contribution < 1.29 is 9.53 Å². The number of carbonyl (C=O) groups is 1. The molecular formula is C22H19N3O2. The summed E-state index contributed by atoms with van der Waals surface area (Å²) in [4.78, 5) is 16.4. The van der Waals surface area contributed by atoms with Crippen LogP contribution in [0.3, 0.4) is 0 Å². The van der Waals surface area contributed by atoms with E-state index in [1.54, 1.807) is 36.5 Å². The molecule has 0 unspecified atom stereocenters. The van der Waals surface area contributed by atoms with E-state index in [1.807, 2.05) is 38.1 Å². The van der Waals surface area contributed by atoms with Gasteiger partial charge in [0, 0.05) is 11.9 Å². The van der Waals surface area contributed by atoms with Crippen molar-refractivity contribution in [3.8, 4) is 17.7 Å². The number of carbonyl (C=O) groups excluding carboxylic acids is 1. The molecule has 0 radical (unpaired) electrons. The van der Waals surface area contributed by atoms with E-state index < -0.39 is 0 Å². The Morgan fingerprint density at radius 2 is 1.93 bits per heavy atom. The first-order chi connectivity index (χ1) is 13.0. The molecule has 27 heavy (non-hydrogen) atoms. The molecule has 0 atom stereocenters. The molecule has 5 nitrogen and oxygen atoms in total. The number of amides is 1. The average molecular weight is 357 g/mol. The highest BCUT2D eigenvalue weighted by atomic mass is 16.5. The van der Waals surface area contributed by atoms with Crippen molar-refractivity contribution >= 4 is 11.6 Å². The Morgan fingerprint density at radius 1 is 1.15 bits per heavy atom. The van der Waals surface area contributed by atoms with Crippen molar-refractivity contribution in [3.63, 3.8) is 0 Å². The minimum atomic E-state index is -0.0767. The number of hydrogen-bond donors (Lipinski definition) is 1. The fourth-order valence-electron chi connectivity index (χ4n) is 2.59. The van der Waals surface area contributed by atoms with E-state index in [-0.39, 0.29) is 11.8 Å². The van der Waals surface area contributed by atoms with Gasteiger partial charge < -0.3 is 10.1 Å². The molecule has 1 N–H and O–H groups in total. The van der Waals surface area contributed by atoms with Crippen LogP contribution in [0.5, 0.6) is 11.6 Å². The molecule has 0 saturated carbocycles. The lowest BCUT2D eigenvalue weighted by atomic mass is 10.1. The summed E-state index contributed by atoms with van der Waals surface area (Å²) in [5, 5.41) is 12.0. The summed E-state index contributed by atoms with van der Waals surface area (Å²) in [7, 11) is 0. The second-order valence-corrected chi connectivity index (χ2v) is 6.26. The van der Waals surface area contributed by atoms with Gasteiger partial charge in [-0.1, -0.05) is 29.8 Å². The number of aryl methyl sites for hydroxylation is 2. The maximum absolute atomic E-state index is 12.3. The number of hydrogen-bond acceptors (Lipinski definition) is 4. The van der Waals surface area contributed by atoms with Crippen LogP contribution < -0.4 is 10.1 Å². The molecule has 3 aromatic rings. The molecule has 2 aromatic carbocycles. The third-order valence-corrected chi connectivity index (χ3v) is 4.06. The average Bonchev–Trinajstić information content (AvgIpc) is 2.66. The van der Waals surface area contributed by atoms with Gasteiger partial charge in [0.2, 0.25) is 11.8 Å². The van der Waals surface area contributed by atoms with Crippen molar-refractivity contribution in [1.82, 2.24) is 4.98 Å². The van der Waals surface area contributed by atoms with Crippen LogP contribution in [0.4, 0.5) is 5.69 Å². The maximum Gasteiger partial charge on any atom is 0.237 e. The summed E-state index contributed by atoms with van der Waals surface area (Å²) in [6.45, 7) is 3.90. The van der Waals surface area contributed by atoms with Gasteiger partial charge in [-0.15, -0.1) is 0 Å². The predicted molar refractivity (Wildman–Crippen MR) is 104 cm³/mol. The van der Waals surface area contributed by atoms with Crippen molar-refractivity contribution in [3.05, 3.63) is 83.0 Å². The van der Waals surface area contributed by atoms with Gasteiger partial charge in [-0.3, -0.25) is 4.79 Å². The van der Waals surface area contributed by atoms with Gasteiger partial charge in [-0.2, -0.15) is 5.26 Å². The number of ether oxygens (including phenoxy) is 1. The van der Waals surface area contributed by atoms with Gasteiger partial charge in [0.25, 0.3) is 0 Å². The Balaban J connectivity index is 1.68. The normalized spacial score (nSPS) is 10.1. The lowest BCUT2D eigenvalue weighted by Gasteiger charge is -2.11. The van der Waals surface area contributed by atoms with Crippen LogP contribution in [0.25, 0.3) is 0 Å². The Hall–Kier alpha value is -3.65. The molecule has 0 aliphatic rings. The largest absolute Gasteiger partial charge is 0.438 e. The number of aromatic nitrogens is 1. The topological polar surface area (TPSA) is 75.0 Å². The minimum absolute atomic E-state index is 0.0767. The van der Waals surface area contributed by atoms with Crippen LogP contribution in [0, 0.1) is 25.2 Å². The van der Waals surface area contributed by atoms with Gasteiger partial charge in [-0.25, -0.2) is 4.98 Å². The summed E-state index contributed by atoms with van der Waals surface area (Å²) in [6.07, 6.45) is 1.89. The molecule has 1 aromatic heterocycles. The monoisotopic (exact) mass is 357 g/mol. The quantitative estimate of drug-likeness (QED) is 0.727. The Bertz CT molecular complexity index is 1000. The number of nitriles is 1. The van der Waals surface area contributed by atoms with Crippen LogP contribution >= 0.6 is 0 Å². The zero-order chi connectivity index (χ0) is 19.2. The smallest absolute Gasteiger partial charge is 0.237 e. The molecule has 3 rings (SSSR count). The highest BCUT2D eigenvalue weighted by Gasteiger charge is 2.09. The van der Waals surface area contributed by atoms with Crippen molar-refractivity contribution in [1.29, 1.82) is 5.26 Å². The fraction of sp³-hybridized carbons (Fsp3) is 0.136. The summed E-state index contributed by atoms with van der Waals surface area (Å²) in [5.41, 5.74) is 4.08. The Morgan fingerprint density at radius 3 is 2.63 bits per heavy atom. The van der Waals surface area contributed by atoms with Gasteiger partial charge >= 0.3 is 0 Å². The number of rotatable bonds is 5. The Labute approximate surface area is 158 Å². The highest BCUT2D eigenvalue weighted by molar-refractivity contribution is 5.93. The summed E-state index contributed by atoms with van der Waals surface area (Å²) < 4.78 is 5.70. The maximum atomic E-state index is 12.3. The first-order valence-electron chi connectivity index (χ1n) is 8.54. The molecule has 5 heteroatoms. The molecule has 0 fully saturated rings. The zero-order valence-corrected chi connectivity index (χ0v) is 15.2. The first-order valence-corrected chi connectivity index (χ1v) is 8.54.